The van der Waals surface area contributed by atoms with Gasteiger partial charge in [0.25, 0.3) is 0 Å². The maximum Gasteiger partial charge on any atom is 0.337 e. The van der Waals surface area contributed by atoms with E-state index in [2.05, 4.69) is 17.6 Å². The lowest BCUT2D eigenvalue weighted by molar-refractivity contribution is 0.0698. The van der Waals surface area contributed by atoms with Gasteiger partial charge in [0.05, 0.1) is 11.3 Å². The van der Waals surface area contributed by atoms with Gasteiger partial charge in [-0.15, -0.1) is 0 Å². The molecular weight excluding hydrogens is 276 g/mol. The van der Waals surface area contributed by atoms with Crippen LogP contribution in [0.1, 0.15) is 29.8 Å². The molecule has 0 bridgehead atoms. The summed E-state index contributed by atoms with van der Waals surface area (Å²) in [5, 5.41) is 14.5. The Kier molecular flexibility index (Phi) is 6.38. The Labute approximate surface area is 123 Å². The fourth-order valence-corrected chi connectivity index (χ4v) is 2.34. The van der Waals surface area contributed by atoms with E-state index in [4.69, 9.17) is 5.11 Å². The maximum absolute atomic E-state index is 11.8. The number of thioether (sulfide) groups is 1. The molecule has 2 amide bonds. The average molecular weight is 296 g/mol. The van der Waals surface area contributed by atoms with Crippen molar-refractivity contribution in [2.75, 3.05) is 16.8 Å². The zero-order chi connectivity index (χ0) is 15.1. The summed E-state index contributed by atoms with van der Waals surface area (Å²) in [6.07, 6.45) is 0. The molecule has 0 saturated heterocycles. The Balaban J connectivity index is 2.68. The van der Waals surface area contributed by atoms with Crippen LogP contribution < -0.4 is 10.6 Å². The molecule has 1 atom stereocenters. The molecule has 0 aromatic heterocycles. The summed E-state index contributed by atoms with van der Waals surface area (Å²) in [5.74, 6) is 0.761. The third kappa shape index (κ3) is 5.13. The number of benzene rings is 1. The van der Waals surface area contributed by atoms with Crippen molar-refractivity contribution in [3.8, 4) is 0 Å². The van der Waals surface area contributed by atoms with Crippen LogP contribution in [-0.4, -0.2) is 34.7 Å². The first-order valence-corrected chi connectivity index (χ1v) is 7.58. The fraction of sp³-hybridized carbons (Fsp3) is 0.429. The first-order valence-electron chi connectivity index (χ1n) is 6.43. The summed E-state index contributed by atoms with van der Waals surface area (Å²) in [7, 11) is 0. The number of amides is 2. The lowest BCUT2D eigenvalue weighted by Crippen LogP contribution is -2.37. The molecule has 1 aromatic carbocycles. The minimum absolute atomic E-state index is 0.0266. The van der Waals surface area contributed by atoms with Crippen molar-refractivity contribution in [1.82, 2.24) is 5.32 Å². The summed E-state index contributed by atoms with van der Waals surface area (Å²) in [4.78, 5) is 23.0. The molecule has 1 aromatic rings. The molecule has 20 heavy (non-hydrogen) atoms. The zero-order valence-electron chi connectivity index (χ0n) is 11.9. The summed E-state index contributed by atoms with van der Waals surface area (Å²) < 4.78 is 0. The second-order valence-electron chi connectivity index (χ2n) is 4.51. The number of rotatable bonds is 6. The van der Waals surface area contributed by atoms with Gasteiger partial charge in [0.2, 0.25) is 0 Å². The number of carbonyl (C=O) groups excluding carboxylic acids is 1. The van der Waals surface area contributed by atoms with E-state index >= 15 is 0 Å². The van der Waals surface area contributed by atoms with E-state index in [1.54, 1.807) is 30.8 Å². The molecule has 6 heteroatoms. The Morgan fingerprint density at radius 1 is 1.40 bits per heavy atom. The van der Waals surface area contributed by atoms with E-state index in [1.165, 1.54) is 6.07 Å². The maximum atomic E-state index is 11.8. The third-order valence-electron chi connectivity index (χ3n) is 2.60. The molecular formula is C14H20N2O3S. The summed E-state index contributed by atoms with van der Waals surface area (Å²) in [5.41, 5.74) is 1.23. The quantitative estimate of drug-likeness (QED) is 0.754. The minimum atomic E-state index is -1.06. The largest absolute Gasteiger partial charge is 0.478 e. The Hall–Kier alpha value is -1.69. The molecule has 0 spiro atoms. The van der Waals surface area contributed by atoms with Crippen LogP contribution in [0, 0.1) is 6.92 Å². The SMILES string of the molecule is CCSCC(C)NC(=O)Nc1ccc(C)cc1C(=O)O. The number of carboxylic acids is 1. The van der Waals surface area contributed by atoms with Crippen LogP contribution in [0.15, 0.2) is 18.2 Å². The highest BCUT2D eigenvalue weighted by Gasteiger charge is 2.13. The highest BCUT2D eigenvalue weighted by atomic mass is 32.2. The molecule has 1 unspecified atom stereocenters. The number of nitrogens with one attached hydrogen (secondary N) is 2. The molecule has 110 valence electrons. The molecule has 0 saturated carbocycles. The Morgan fingerprint density at radius 3 is 2.70 bits per heavy atom. The standard InChI is InChI=1S/C14H20N2O3S/c1-4-20-8-10(3)15-14(19)16-12-6-5-9(2)7-11(12)13(17)18/h5-7,10H,4,8H2,1-3H3,(H,17,18)(H2,15,16,19). The molecule has 0 aliphatic heterocycles. The number of hydrogen-bond acceptors (Lipinski definition) is 3. The number of aromatic carboxylic acids is 1. The van der Waals surface area contributed by atoms with Crippen molar-refractivity contribution in [2.45, 2.75) is 26.8 Å². The molecule has 0 aliphatic rings. The second-order valence-corrected chi connectivity index (χ2v) is 5.83. The smallest absolute Gasteiger partial charge is 0.337 e. The lowest BCUT2D eigenvalue weighted by Gasteiger charge is -2.15. The monoisotopic (exact) mass is 296 g/mol. The van der Waals surface area contributed by atoms with Gasteiger partial charge in [-0.3, -0.25) is 0 Å². The number of carbonyl (C=O) groups is 2. The van der Waals surface area contributed by atoms with Crippen molar-refractivity contribution in [3.05, 3.63) is 29.3 Å². The zero-order valence-corrected chi connectivity index (χ0v) is 12.7. The highest BCUT2D eigenvalue weighted by molar-refractivity contribution is 7.99. The van der Waals surface area contributed by atoms with Gasteiger partial charge in [0, 0.05) is 11.8 Å². The van der Waals surface area contributed by atoms with Gasteiger partial charge in [-0.2, -0.15) is 11.8 Å². The van der Waals surface area contributed by atoms with Gasteiger partial charge in [-0.1, -0.05) is 18.6 Å². The van der Waals surface area contributed by atoms with E-state index in [0.29, 0.717) is 5.69 Å². The van der Waals surface area contributed by atoms with Crippen molar-refractivity contribution in [3.63, 3.8) is 0 Å². The van der Waals surface area contributed by atoms with Crippen LogP contribution in [0.3, 0.4) is 0 Å². The van der Waals surface area contributed by atoms with Crippen LogP contribution in [-0.2, 0) is 0 Å². The van der Waals surface area contributed by atoms with Crippen LogP contribution in [0.5, 0.6) is 0 Å². The molecule has 0 radical (unpaired) electrons. The molecule has 0 aliphatic carbocycles. The first kappa shape index (κ1) is 16.4. The van der Waals surface area contributed by atoms with Crippen LogP contribution in [0.4, 0.5) is 10.5 Å². The third-order valence-corrected chi connectivity index (χ3v) is 3.75. The van der Waals surface area contributed by atoms with Gasteiger partial charge < -0.3 is 15.7 Å². The molecule has 1 rings (SSSR count). The lowest BCUT2D eigenvalue weighted by atomic mass is 10.1. The van der Waals surface area contributed by atoms with Crippen molar-refractivity contribution < 1.29 is 14.7 Å². The summed E-state index contributed by atoms with van der Waals surface area (Å²) in [6.45, 7) is 5.78. The highest BCUT2D eigenvalue weighted by Crippen LogP contribution is 2.17. The number of hydrogen-bond donors (Lipinski definition) is 3. The van der Waals surface area contributed by atoms with Crippen molar-refractivity contribution in [1.29, 1.82) is 0 Å². The van der Waals surface area contributed by atoms with Crippen LogP contribution in [0.25, 0.3) is 0 Å². The van der Waals surface area contributed by atoms with E-state index in [1.807, 2.05) is 6.92 Å². The van der Waals surface area contributed by atoms with Gasteiger partial charge >= 0.3 is 12.0 Å². The second kappa shape index (κ2) is 7.79. The topological polar surface area (TPSA) is 78.4 Å². The number of urea groups is 1. The predicted octanol–water partition coefficient (Wildman–Crippen LogP) is 2.96. The minimum Gasteiger partial charge on any atom is -0.478 e. The number of aryl methyl sites for hydroxylation is 1. The number of anilines is 1. The van der Waals surface area contributed by atoms with Crippen LogP contribution >= 0.6 is 11.8 Å². The molecule has 0 fully saturated rings. The summed E-state index contributed by atoms with van der Waals surface area (Å²) in [6, 6.07) is 4.54. The van der Waals surface area contributed by atoms with Gasteiger partial charge in [0.15, 0.2) is 0 Å². The predicted molar refractivity (Wildman–Crippen MR) is 82.8 cm³/mol. The van der Waals surface area contributed by atoms with E-state index < -0.39 is 5.97 Å². The van der Waals surface area contributed by atoms with Gasteiger partial charge in [0.1, 0.15) is 0 Å². The van der Waals surface area contributed by atoms with E-state index in [-0.39, 0.29) is 17.6 Å². The molecule has 0 heterocycles. The van der Waals surface area contributed by atoms with E-state index in [9.17, 15) is 9.59 Å². The first-order chi connectivity index (χ1) is 9.43. The van der Waals surface area contributed by atoms with Gasteiger partial charge in [-0.05, 0) is 31.7 Å². The van der Waals surface area contributed by atoms with Crippen LogP contribution in [0.2, 0.25) is 0 Å². The van der Waals surface area contributed by atoms with E-state index in [0.717, 1.165) is 17.1 Å². The van der Waals surface area contributed by atoms with Crippen molar-refractivity contribution >= 4 is 29.4 Å². The molecule has 5 nitrogen and oxygen atoms in total. The molecule has 3 N–H and O–H groups in total. The van der Waals surface area contributed by atoms with Gasteiger partial charge in [-0.25, -0.2) is 9.59 Å². The fourth-order valence-electron chi connectivity index (χ4n) is 1.66. The van der Waals surface area contributed by atoms with Crippen molar-refractivity contribution in [2.24, 2.45) is 0 Å². The normalized spacial score (nSPS) is 11.8. The number of carboxylic acid groups (broad SMARTS) is 1. The summed E-state index contributed by atoms with van der Waals surface area (Å²) >= 11 is 1.74. The Bertz CT molecular complexity index is 491. The average Bonchev–Trinajstić information content (AvgIpc) is 2.38. The Morgan fingerprint density at radius 2 is 2.10 bits per heavy atom.